The lowest BCUT2D eigenvalue weighted by Crippen LogP contribution is -2.20. The number of carbonyl (C=O) groups is 2. The van der Waals surface area contributed by atoms with Gasteiger partial charge in [-0.3, -0.25) is 15.0 Å². The number of ketones is 2. The second-order valence-electron chi connectivity index (χ2n) is 3.23. The molecule has 0 aromatic heterocycles. The number of nitrogens with zero attached hydrogens (tertiary/aromatic N) is 1. The Morgan fingerprint density at radius 1 is 1.12 bits per heavy atom. The summed E-state index contributed by atoms with van der Waals surface area (Å²) in [6.45, 7) is 2.55. The molecule has 1 rings (SSSR count). The van der Waals surface area contributed by atoms with E-state index in [9.17, 15) is 9.59 Å². The largest absolute Gasteiger partial charge is 0.508 e. The van der Waals surface area contributed by atoms with E-state index < -0.39 is 11.6 Å². The Bertz CT molecular complexity index is 419. The number of phenols is 1. The Hall–Kier alpha value is -2.17. The van der Waals surface area contributed by atoms with E-state index in [1.54, 1.807) is 12.1 Å². The van der Waals surface area contributed by atoms with Crippen LogP contribution in [0.1, 0.15) is 13.8 Å². The molecule has 84 valence electrons. The molecule has 0 radical (unpaired) electrons. The highest BCUT2D eigenvalue weighted by Crippen LogP contribution is 2.13. The fourth-order valence-electron chi connectivity index (χ4n) is 1.06. The number of hydrogen-bond donors (Lipinski definition) is 2. The second-order valence-corrected chi connectivity index (χ2v) is 3.23. The molecular formula is C11H12N2O3. The summed E-state index contributed by atoms with van der Waals surface area (Å²) in [4.78, 5) is 22.1. The van der Waals surface area contributed by atoms with Gasteiger partial charge in [0.1, 0.15) is 5.75 Å². The van der Waals surface area contributed by atoms with E-state index in [4.69, 9.17) is 5.11 Å². The number of phenolic OH excluding ortho intramolecular Hbond substituents is 1. The number of benzene rings is 1. The molecule has 1 aromatic rings. The maximum Gasteiger partial charge on any atom is 0.183 e. The number of aromatic hydroxyl groups is 1. The summed E-state index contributed by atoms with van der Waals surface area (Å²) in [6, 6.07) is 6.10. The van der Waals surface area contributed by atoms with Crippen molar-refractivity contribution >= 4 is 23.0 Å². The first-order chi connectivity index (χ1) is 7.50. The fourth-order valence-corrected chi connectivity index (χ4v) is 1.06. The van der Waals surface area contributed by atoms with Crippen LogP contribution in [0.2, 0.25) is 0 Å². The zero-order valence-corrected chi connectivity index (χ0v) is 9.02. The number of Topliss-reactive ketones (excluding diaryl/α,β-unsaturated/α-hetero) is 2. The normalized spacial score (nSPS) is 9.38. The van der Waals surface area contributed by atoms with Gasteiger partial charge in [-0.15, -0.1) is 0 Å². The topological polar surface area (TPSA) is 78.8 Å². The Kier molecular flexibility index (Phi) is 3.77. The van der Waals surface area contributed by atoms with Crippen LogP contribution < -0.4 is 5.43 Å². The number of hydrazone groups is 1. The van der Waals surface area contributed by atoms with Gasteiger partial charge in [-0.1, -0.05) is 0 Å². The summed E-state index contributed by atoms with van der Waals surface area (Å²) in [5.41, 5.74) is 3.02. The maximum absolute atomic E-state index is 11.0. The predicted octanol–water partition coefficient (Wildman–Crippen LogP) is 1.34. The van der Waals surface area contributed by atoms with Crippen molar-refractivity contribution in [2.24, 2.45) is 5.10 Å². The number of anilines is 1. The van der Waals surface area contributed by atoms with Crippen molar-refractivity contribution in [1.82, 2.24) is 0 Å². The molecule has 0 saturated carbocycles. The van der Waals surface area contributed by atoms with Gasteiger partial charge in [0.05, 0.1) is 5.69 Å². The van der Waals surface area contributed by atoms with Crippen LogP contribution in [0, 0.1) is 0 Å². The molecule has 16 heavy (non-hydrogen) atoms. The smallest absolute Gasteiger partial charge is 0.183 e. The molecule has 2 N–H and O–H groups in total. The maximum atomic E-state index is 11.0. The van der Waals surface area contributed by atoms with Gasteiger partial charge in [0, 0.05) is 13.8 Å². The van der Waals surface area contributed by atoms with Gasteiger partial charge in [-0.05, 0) is 24.3 Å². The summed E-state index contributed by atoms with van der Waals surface area (Å²) in [7, 11) is 0. The molecule has 5 nitrogen and oxygen atoms in total. The lowest BCUT2D eigenvalue weighted by atomic mass is 10.2. The standard InChI is InChI=1S/C11H12N2O3/c1-7(14)11(8(2)15)13-12-9-3-5-10(16)6-4-9/h3-6,12,16H,1-2H3. The van der Waals surface area contributed by atoms with E-state index in [2.05, 4.69) is 10.5 Å². The Balaban J connectivity index is 2.81. The number of hydrogen-bond acceptors (Lipinski definition) is 5. The summed E-state index contributed by atoms with van der Waals surface area (Å²) >= 11 is 0. The van der Waals surface area contributed by atoms with Gasteiger partial charge in [-0.25, -0.2) is 0 Å². The van der Waals surface area contributed by atoms with E-state index in [0.29, 0.717) is 5.69 Å². The van der Waals surface area contributed by atoms with Crippen molar-refractivity contribution in [3.63, 3.8) is 0 Å². The molecule has 0 amide bonds. The van der Waals surface area contributed by atoms with Crippen molar-refractivity contribution < 1.29 is 14.7 Å². The monoisotopic (exact) mass is 220 g/mol. The molecule has 0 aliphatic carbocycles. The summed E-state index contributed by atoms with van der Waals surface area (Å²) in [5.74, 6) is -0.648. The van der Waals surface area contributed by atoms with Gasteiger partial charge in [0.15, 0.2) is 17.3 Å². The SMILES string of the molecule is CC(=O)C(=NNc1ccc(O)cc1)C(C)=O. The average Bonchev–Trinajstić information content (AvgIpc) is 2.20. The third-order valence-electron chi connectivity index (χ3n) is 1.83. The molecule has 0 saturated heterocycles. The van der Waals surface area contributed by atoms with Crippen molar-refractivity contribution in [2.75, 3.05) is 5.43 Å². The molecule has 1 aromatic carbocycles. The molecule has 0 spiro atoms. The quantitative estimate of drug-likeness (QED) is 0.347. The number of rotatable bonds is 4. The Morgan fingerprint density at radius 2 is 1.62 bits per heavy atom. The van der Waals surface area contributed by atoms with E-state index in [0.717, 1.165) is 0 Å². The number of nitrogens with one attached hydrogen (secondary N) is 1. The van der Waals surface area contributed by atoms with Gasteiger partial charge >= 0.3 is 0 Å². The first-order valence-electron chi connectivity index (χ1n) is 4.65. The van der Waals surface area contributed by atoms with E-state index in [-0.39, 0.29) is 11.5 Å². The highest BCUT2D eigenvalue weighted by molar-refractivity contribution is 6.65. The Labute approximate surface area is 92.8 Å². The highest BCUT2D eigenvalue weighted by atomic mass is 16.3. The van der Waals surface area contributed by atoms with Crippen molar-refractivity contribution in [3.8, 4) is 5.75 Å². The van der Waals surface area contributed by atoms with Crippen LogP contribution in [0.15, 0.2) is 29.4 Å². The fraction of sp³-hybridized carbons (Fsp3) is 0.182. The van der Waals surface area contributed by atoms with Gasteiger partial charge in [0.2, 0.25) is 0 Å². The first kappa shape index (κ1) is 11.9. The molecule has 0 aliphatic heterocycles. The Morgan fingerprint density at radius 3 is 2.06 bits per heavy atom. The average molecular weight is 220 g/mol. The van der Waals surface area contributed by atoms with Crippen LogP contribution in [0.3, 0.4) is 0 Å². The molecule has 0 heterocycles. The second kappa shape index (κ2) is 5.06. The lowest BCUT2D eigenvalue weighted by molar-refractivity contribution is -0.114. The van der Waals surface area contributed by atoms with Crippen LogP contribution in [0.5, 0.6) is 5.75 Å². The zero-order valence-electron chi connectivity index (χ0n) is 9.02. The van der Waals surface area contributed by atoms with Crippen LogP contribution in [0.25, 0.3) is 0 Å². The molecule has 0 unspecified atom stereocenters. The molecule has 0 atom stereocenters. The van der Waals surface area contributed by atoms with Crippen LogP contribution >= 0.6 is 0 Å². The van der Waals surface area contributed by atoms with Crippen molar-refractivity contribution in [3.05, 3.63) is 24.3 Å². The van der Waals surface area contributed by atoms with E-state index >= 15 is 0 Å². The summed E-state index contributed by atoms with van der Waals surface area (Å²) in [5, 5.41) is 12.7. The minimum atomic E-state index is -0.390. The lowest BCUT2D eigenvalue weighted by Gasteiger charge is -2.02. The summed E-state index contributed by atoms with van der Waals surface area (Å²) < 4.78 is 0. The third kappa shape index (κ3) is 3.20. The number of carbonyl (C=O) groups excluding carboxylic acids is 2. The van der Waals surface area contributed by atoms with Gasteiger partial charge in [-0.2, -0.15) is 5.10 Å². The van der Waals surface area contributed by atoms with E-state index in [1.165, 1.54) is 26.0 Å². The molecule has 5 heteroatoms. The van der Waals surface area contributed by atoms with Crippen molar-refractivity contribution in [2.45, 2.75) is 13.8 Å². The summed E-state index contributed by atoms with van der Waals surface area (Å²) in [6.07, 6.45) is 0. The van der Waals surface area contributed by atoms with Crippen LogP contribution in [-0.4, -0.2) is 22.4 Å². The van der Waals surface area contributed by atoms with Gasteiger partial charge in [0.25, 0.3) is 0 Å². The predicted molar refractivity (Wildman–Crippen MR) is 60.5 cm³/mol. The molecule has 0 aliphatic rings. The third-order valence-corrected chi connectivity index (χ3v) is 1.83. The van der Waals surface area contributed by atoms with Gasteiger partial charge < -0.3 is 5.11 Å². The molecule has 0 fully saturated rings. The van der Waals surface area contributed by atoms with Crippen LogP contribution in [-0.2, 0) is 9.59 Å². The minimum Gasteiger partial charge on any atom is -0.508 e. The molecular weight excluding hydrogens is 208 g/mol. The zero-order chi connectivity index (χ0) is 12.1. The van der Waals surface area contributed by atoms with Crippen molar-refractivity contribution in [1.29, 1.82) is 0 Å². The minimum absolute atomic E-state index is 0.131. The first-order valence-corrected chi connectivity index (χ1v) is 4.65. The van der Waals surface area contributed by atoms with E-state index in [1.807, 2.05) is 0 Å². The molecule has 0 bridgehead atoms. The van der Waals surface area contributed by atoms with Crippen LogP contribution in [0.4, 0.5) is 5.69 Å². The highest BCUT2D eigenvalue weighted by Gasteiger charge is 2.11.